The van der Waals surface area contributed by atoms with Crippen molar-refractivity contribution in [1.82, 2.24) is 0 Å². The Hall–Kier alpha value is -0.500. The molecule has 0 saturated heterocycles. The van der Waals surface area contributed by atoms with Gasteiger partial charge in [-0.1, -0.05) is 70.9 Å². The average molecular weight is 358 g/mol. The monoisotopic (exact) mass is 356 g/mol. The van der Waals surface area contributed by atoms with E-state index in [2.05, 4.69) is 41.1 Å². The topological polar surface area (TPSA) is 0 Å². The zero-order chi connectivity index (χ0) is 13.8. The summed E-state index contributed by atoms with van der Waals surface area (Å²) in [4.78, 5) is 0. The fraction of sp³-hybridized carbons (Fsp3) is 0.250. The molecule has 0 nitrogen and oxygen atoms in total. The maximum Gasteiger partial charge on any atom is 0.0613 e. The van der Waals surface area contributed by atoms with Crippen LogP contribution in [-0.4, -0.2) is 0 Å². The van der Waals surface area contributed by atoms with E-state index in [1.54, 1.807) is 0 Å². The highest BCUT2D eigenvalue weighted by Crippen LogP contribution is 2.33. The molecular weight excluding hydrogens is 343 g/mol. The van der Waals surface area contributed by atoms with Gasteiger partial charge in [-0.05, 0) is 35.6 Å². The van der Waals surface area contributed by atoms with Gasteiger partial charge in [0.2, 0.25) is 0 Å². The molecule has 0 bridgehead atoms. The third-order valence-electron chi connectivity index (χ3n) is 3.17. The Morgan fingerprint density at radius 1 is 1.11 bits per heavy atom. The molecule has 0 N–H and O–H groups in total. The molecule has 3 heteroatoms. The Kier molecular flexibility index (Phi) is 5.32. The number of halogens is 3. The summed E-state index contributed by atoms with van der Waals surface area (Å²) in [5, 5.41) is 0.791. The van der Waals surface area contributed by atoms with E-state index in [1.807, 2.05) is 30.3 Å². The van der Waals surface area contributed by atoms with Crippen LogP contribution in [-0.2, 0) is 6.42 Å². The van der Waals surface area contributed by atoms with Gasteiger partial charge in [-0.15, -0.1) is 11.6 Å². The number of alkyl halides is 1. The summed E-state index contributed by atoms with van der Waals surface area (Å²) in [6.07, 6.45) is 0.870. The average Bonchev–Trinajstić information content (AvgIpc) is 2.42. The van der Waals surface area contributed by atoms with Gasteiger partial charge in [-0.2, -0.15) is 0 Å². The lowest BCUT2D eigenvalue weighted by Gasteiger charge is -2.19. The lowest BCUT2D eigenvalue weighted by atomic mass is 9.94. The number of rotatable bonds is 4. The van der Waals surface area contributed by atoms with Gasteiger partial charge in [-0.25, -0.2) is 0 Å². The molecule has 0 aliphatic rings. The van der Waals surface area contributed by atoms with E-state index in [0.29, 0.717) is 5.92 Å². The van der Waals surface area contributed by atoms with Crippen LogP contribution in [0.5, 0.6) is 0 Å². The van der Waals surface area contributed by atoms with Crippen LogP contribution in [0, 0.1) is 5.92 Å². The lowest BCUT2D eigenvalue weighted by Crippen LogP contribution is -2.07. The van der Waals surface area contributed by atoms with Crippen molar-refractivity contribution in [3.8, 4) is 0 Å². The van der Waals surface area contributed by atoms with Crippen LogP contribution in [0.4, 0.5) is 0 Å². The summed E-state index contributed by atoms with van der Waals surface area (Å²) < 4.78 is 0.999. The first-order chi connectivity index (χ1) is 9.08. The third kappa shape index (κ3) is 3.98. The summed E-state index contributed by atoms with van der Waals surface area (Å²) in [5.74, 6) is 0.322. The molecule has 2 aromatic carbocycles. The molecule has 0 spiro atoms. The molecule has 0 radical (unpaired) electrons. The van der Waals surface area contributed by atoms with Gasteiger partial charge in [-0.3, -0.25) is 0 Å². The molecule has 100 valence electrons. The first-order valence-electron chi connectivity index (χ1n) is 6.21. The first kappa shape index (κ1) is 14.9. The highest BCUT2D eigenvalue weighted by atomic mass is 79.9. The number of hydrogen-bond donors (Lipinski definition) is 0. The summed E-state index contributed by atoms with van der Waals surface area (Å²) in [6, 6.07) is 16.2. The Morgan fingerprint density at radius 2 is 1.79 bits per heavy atom. The Morgan fingerprint density at radius 3 is 2.42 bits per heavy atom. The Labute approximate surface area is 132 Å². The maximum atomic E-state index is 6.54. The molecule has 0 aliphatic carbocycles. The largest absolute Gasteiger partial charge is 0.118 e. The van der Waals surface area contributed by atoms with Gasteiger partial charge >= 0.3 is 0 Å². The molecule has 0 saturated carbocycles. The molecule has 0 fully saturated rings. The van der Waals surface area contributed by atoms with Crippen molar-refractivity contribution in [1.29, 1.82) is 0 Å². The Balaban J connectivity index is 2.10. The van der Waals surface area contributed by atoms with Crippen LogP contribution in [0.3, 0.4) is 0 Å². The molecule has 0 amide bonds. The van der Waals surface area contributed by atoms with Crippen LogP contribution in [0.25, 0.3) is 0 Å². The van der Waals surface area contributed by atoms with Crippen molar-refractivity contribution in [3.63, 3.8) is 0 Å². The van der Waals surface area contributed by atoms with Gasteiger partial charge in [0.25, 0.3) is 0 Å². The van der Waals surface area contributed by atoms with Gasteiger partial charge in [0.15, 0.2) is 0 Å². The fourth-order valence-corrected chi connectivity index (χ4v) is 3.09. The zero-order valence-electron chi connectivity index (χ0n) is 10.6. The third-order valence-corrected chi connectivity index (χ3v) is 4.70. The molecule has 0 aromatic heterocycles. The fourth-order valence-electron chi connectivity index (χ4n) is 2.10. The minimum Gasteiger partial charge on any atom is -0.118 e. The summed E-state index contributed by atoms with van der Waals surface area (Å²) in [6.45, 7) is 2.16. The zero-order valence-corrected chi connectivity index (χ0v) is 13.7. The van der Waals surface area contributed by atoms with E-state index < -0.39 is 0 Å². The molecule has 2 aromatic rings. The predicted octanol–water partition coefficient (Wildman–Crippen LogP) is 6.26. The standard InChI is InChI=1S/C16H15BrCl2/c1-11(16(19)12-5-3-2-4-6-12)9-13-7-8-14(17)10-15(13)18/h2-8,10-11,16H,9H2,1H3. The van der Waals surface area contributed by atoms with E-state index in [4.69, 9.17) is 23.2 Å². The van der Waals surface area contributed by atoms with Crippen molar-refractivity contribution in [2.75, 3.05) is 0 Å². The van der Waals surface area contributed by atoms with Crippen molar-refractivity contribution in [2.45, 2.75) is 18.7 Å². The van der Waals surface area contributed by atoms with E-state index in [-0.39, 0.29) is 5.38 Å². The summed E-state index contributed by atoms with van der Waals surface area (Å²) >= 11 is 16.2. The van der Waals surface area contributed by atoms with Crippen LogP contribution in [0.1, 0.15) is 23.4 Å². The van der Waals surface area contributed by atoms with Crippen LogP contribution < -0.4 is 0 Å². The molecule has 19 heavy (non-hydrogen) atoms. The number of benzene rings is 2. The molecule has 0 aliphatic heterocycles. The minimum atomic E-state index is 0.000846. The van der Waals surface area contributed by atoms with Crippen LogP contribution >= 0.6 is 39.1 Å². The predicted molar refractivity (Wildman–Crippen MR) is 87.1 cm³/mol. The molecule has 2 rings (SSSR count). The summed E-state index contributed by atoms with van der Waals surface area (Å²) in [7, 11) is 0. The van der Waals surface area contributed by atoms with Crippen molar-refractivity contribution in [3.05, 3.63) is 69.2 Å². The van der Waals surface area contributed by atoms with Gasteiger partial charge in [0, 0.05) is 9.50 Å². The second kappa shape index (κ2) is 6.78. The van der Waals surface area contributed by atoms with Gasteiger partial charge < -0.3 is 0 Å². The Bertz CT molecular complexity index is 540. The van der Waals surface area contributed by atoms with Crippen molar-refractivity contribution < 1.29 is 0 Å². The minimum absolute atomic E-state index is 0.000846. The maximum absolute atomic E-state index is 6.54. The highest BCUT2D eigenvalue weighted by molar-refractivity contribution is 9.10. The van der Waals surface area contributed by atoms with E-state index in [1.165, 1.54) is 0 Å². The second-order valence-electron chi connectivity index (χ2n) is 4.73. The van der Waals surface area contributed by atoms with E-state index >= 15 is 0 Å². The molecule has 0 heterocycles. The van der Waals surface area contributed by atoms with Crippen LogP contribution in [0.2, 0.25) is 5.02 Å². The highest BCUT2D eigenvalue weighted by Gasteiger charge is 2.17. The molecular formula is C16H15BrCl2. The van der Waals surface area contributed by atoms with Crippen molar-refractivity contribution in [2.24, 2.45) is 5.92 Å². The van der Waals surface area contributed by atoms with E-state index in [9.17, 15) is 0 Å². The van der Waals surface area contributed by atoms with Crippen LogP contribution in [0.15, 0.2) is 53.0 Å². The molecule has 2 atom stereocenters. The lowest BCUT2D eigenvalue weighted by molar-refractivity contribution is 0.558. The normalized spacial score (nSPS) is 14.1. The first-order valence-corrected chi connectivity index (χ1v) is 7.81. The van der Waals surface area contributed by atoms with Gasteiger partial charge in [0.1, 0.15) is 0 Å². The van der Waals surface area contributed by atoms with Gasteiger partial charge in [0.05, 0.1) is 5.38 Å². The second-order valence-corrected chi connectivity index (χ2v) is 6.52. The van der Waals surface area contributed by atoms with E-state index in [0.717, 1.165) is 27.0 Å². The number of hydrogen-bond acceptors (Lipinski definition) is 0. The SMILES string of the molecule is CC(Cc1ccc(Br)cc1Cl)C(Cl)c1ccccc1. The van der Waals surface area contributed by atoms with Crippen molar-refractivity contribution >= 4 is 39.1 Å². The molecule has 2 unspecified atom stereocenters. The summed E-state index contributed by atoms with van der Waals surface area (Å²) in [5.41, 5.74) is 2.30. The quantitative estimate of drug-likeness (QED) is 0.566. The smallest absolute Gasteiger partial charge is 0.0613 e.